The quantitative estimate of drug-likeness (QED) is 0.858. The maximum atomic E-state index is 9.37. The first-order chi connectivity index (χ1) is 8.67. The molecule has 1 aliphatic carbocycles. The van der Waals surface area contributed by atoms with E-state index in [0.29, 0.717) is 18.0 Å². The largest absolute Gasteiger partial charge is 0.395 e. The number of thioether (sulfide) groups is 1. The van der Waals surface area contributed by atoms with Gasteiger partial charge in [0.2, 0.25) is 0 Å². The molecule has 1 aromatic rings. The predicted molar refractivity (Wildman–Crippen MR) is 79.0 cm³/mol. The van der Waals surface area contributed by atoms with Crippen LogP contribution in [0.3, 0.4) is 0 Å². The fraction of sp³-hybridized carbons (Fsp3) is 0.600. The molecule has 0 saturated heterocycles. The Morgan fingerprint density at radius 2 is 2.17 bits per heavy atom. The number of aliphatic hydroxyl groups is 1. The maximum absolute atomic E-state index is 9.37. The molecular formula is C15H23NOS. The zero-order valence-corrected chi connectivity index (χ0v) is 12.2. The van der Waals surface area contributed by atoms with Crippen LogP contribution in [0.2, 0.25) is 0 Å². The first-order valence-electron chi connectivity index (χ1n) is 6.64. The molecule has 100 valence electrons. The Morgan fingerprint density at radius 1 is 1.44 bits per heavy atom. The van der Waals surface area contributed by atoms with Gasteiger partial charge in [-0.2, -0.15) is 11.8 Å². The fourth-order valence-electron chi connectivity index (χ4n) is 2.88. The van der Waals surface area contributed by atoms with Gasteiger partial charge in [-0.3, -0.25) is 0 Å². The van der Waals surface area contributed by atoms with Gasteiger partial charge in [-0.25, -0.2) is 0 Å². The molecule has 2 rings (SSSR count). The average molecular weight is 265 g/mol. The van der Waals surface area contributed by atoms with Crippen molar-refractivity contribution in [2.24, 2.45) is 5.92 Å². The van der Waals surface area contributed by atoms with Crippen molar-refractivity contribution >= 4 is 11.8 Å². The van der Waals surface area contributed by atoms with Crippen molar-refractivity contribution in [2.75, 3.05) is 12.9 Å². The highest BCUT2D eigenvalue weighted by atomic mass is 32.2. The van der Waals surface area contributed by atoms with Gasteiger partial charge in [-0.05, 0) is 36.6 Å². The number of hydrogen-bond acceptors (Lipinski definition) is 3. The van der Waals surface area contributed by atoms with Crippen LogP contribution in [0.1, 0.15) is 31.0 Å². The van der Waals surface area contributed by atoms with Crippen molar-refractivity contribution in [3.63, 3.8) is 0 Å². The summed E-state index contributed by atoms with van der Waals surface area (Å²) in [4.78, 5) is 0. The molecule has 0 saturated carbocycles. The summed E-state index contributed by atoms with van der Waals surface area (Å²) in [5.41, 5.74) is 2.91. The molecule has 0 bridgehead atoms. The molecule has 4 unspecified atom stereocenters. The molecule has 0 aromatic heterocycles. The smallest absolute Gasteiger partial charge is 0.0564 e. The summed E-state index contributed by atoms with van der Waals surface area (Å²) in [6.07, 6.45) is 3.22. The van der Waals surface area contributed by atoms with Crippen molar-refractivity contribution < 1.29 is 5.11 Å². The van der Waals surface area contributed by atoms with Gasteiger partial charge >= 0.3 is 0 Å². The molecule has 1 aromatic carbocycles. The van der Waals surface area contributed by atoms with Crippen LogP contribution in [0.4, 0.5) is 0 Å². The first-order valence-corrected chi connectivity index (χ1v) is 7.93. The van der Waals surface area contributed by atoms with E-state index in [1.54, 1.807) is 11.8 Å². The molecular weight excluding hydrogens is 242 g/mol. The van der Waals surface area contributed by atoms with E-state index in [1.807, 2.05) is 0 Å². The Bertz CT molecular complexity index is 392. The summed E-state index contributed by atoms with van der Waals surface area (Å²) < 4.78 is 0. The van der Waals surface area contributed by atoms with Crippen LogP contribution < -0.4 is 5.32 Å². The minimum absolute atomic E-state index is 0.234. The molecule has 1 aliphatic rings. The third-order valence-corrected chi connectivity index (χ3v) is 5.15. The van der Waals surface area contributed by atoms with Crippen LogP contribution in [0.25, 0.3) is 0 Å². The number of hydrogen-bond donors (Lipinski definition) is 2. The highest BCUT2D eigenvalue weighted by Gasteiger charge is 2.31. The van der Waals surface area contributed by atoms with Gasteiger partial charge in [0.15, 0.2) is 0 Å². The molecule has 0 heterocycles. The van der Waals surface area contributed by atoms with Gasteiger partial charge in [0.1, 0.15) is 0 Å². The lowest BCUT2D eigenvalue weighted by Crippen LogP contribution is -2.40. The molecule has 0 fully saturated rings. The molecule has 3 heteroatoms. The Hall–Kier alpha value is -0.510. The molecule has 2 N–H and O–H groups in total. The minimum atomic E-state index is 0.234. The second-order valence-corrected chi connectivity index (χ2v) is 6.35. The number of aliphatic hydroxyl groups excluding tert-OH is 1. The number of nitrogens with one attached hydrogen (secondary N) is 1. The van der Waals surface area contributed by atoms with E-state index in [1.165, 1.54) is 11.1 Å². The Morgan fingerprint density at radius 3 is 2.83 bits per heavy atom. The number of fused-ring (bicyclic) bond motifs is 1. The lowest BCUT2D eigenvalue weighted by molar-refractivity contribution is 0.263. The molecule has 18 heavy (non-hydrogen) atoms. The average Bonchev–Trinajstić information content (AvgIpc) is 2.68. The van der Waals surface area contributed by atoms with Crippen molar-refractivity contribution in [1.82, 2.24) is 5.32 Å². The monoisotopic (exact) mass is 265 g/mol. The summed E-state index contributed by atoms with van der Waals surface area (Å²) in [6, 6.07) is 9.46. The summed E-state index contributed by atoms with van der Waals surface area (Å²) in [7, 11) is 0. The van der Waals surface area contributed by atoms with E-state index in [-0.39, 0.29) is 11.9 Å². The van der Waals surface area contributed by atoms with E-state index in [0.717, 1.165) is 6.42 Å². The lowest BCUT2D eigenvalue weighted by Gasteiger charge is -2.28. The first kappa shape index (κ1) is 13.9. The highest BCUT2D eigenvalue weighted by Crippen LogP contribution is 2.36. The van der Waals surface area contributed by atoms with Crippen molar-refractivity contribution in [3.05, 3.63) is 35.4 Å². The van der Waals surface area contributed by atoms with Crippen LogP contribution in [0.15, 0.2) is 24.3 Å². The third kappa shape index (κ3) is 2.73. The highest BCUT2D eigenvalue weighted by molar-refractivity contribution is 7.99. The second kappa shape index (κ2) is 6.09. The predicted octanol–water partition coefficient (Wildman–Crippen LogP) is 2.62. The van der Waals surface area contributed by atoms with E-state index >= 15 is 0 Å². The topological polar surface area (TPSA) is 32.3 Å². The van der Waals surface area contributed by atoms with Crippen LogP contribution >= 0.6 is 11.8 Å². The standard InChI is InChI=1S/C15H23NOS/c1-10-8-12-6-4-5-7-13(12)15(10)16-11(2)14(9-17)18-3/h4-7,10-11,14-17H,8-9H2,1-3H3. The van der Waals surface area contributed by atoms with E-state index < -0.39 is 0 Å². The van der Waals surface area contributed by atoms with Crippen LogP contribution in [0.5, 0.6) is 0 Å². The lowest BCUT2D eigenvalue weighted by atomic mass is 10.0. The Balaban J connectivity index is 2.10. The molecule has 0 aliphatic heterocycles. The molecule has 0 spiro atoms. The molecule has 4 atom stereocenters. The zero-order valence-electron chi connectivity index (χ0n) is 11.4. The van der Waals surface area contributed by atoms with Gasteiger partial charge in [0.05, 0.1) is 6.61 Å². The maximum Gasteiger partial charge on any atom is 0.0564 e. The third-order valence-electron chi connectivity index (χ3n) is 3.98. The van der Waals surface area contributed by atoms with Gasteiger partial charge < -0.3 is 10.4 Å². The molecule has 0 amide bonds. The van der Waals surface area contributed by atoms with Crippen LogP contribution in [-0.2, 0) is 6.42 Å². The zero-order chi connectivity index (χ0) is 13.1. The normalized spacial score (nSPS) is 25.8. The SMILES string of the molecule is CSC(CO)C(C)NC1c2ccccc2CC1C. The van der Waals surface area contributed by atoms with Crippen molar-refractivity contribution in [1.29, 1.82) is 0 Å². The van der Waals surface area contributed by atoms with Crippen molar-refractivity contribution in [2.45, 2.75) is 37.6 Å². The summed E-state index contributed by atoms with van der Waals surface area (Å²) in [5, 5.41) is 13.3. The van der Waals surface area contributed by atoms with Gasteiger partial charge in [0, 0.05) is 17.3 Å². The summed E-state index contributed by atoms with van der Waals surface area (Å²) in [6.45, 7) is 4.71. The van der Waals surface area contributed by atoms with E-state index in [2.05, 4.69) is 49.7 Å². The Kier molecular flexibility index (Phi) is 4.71. The van der Waals surface area contributed by atoms with Crippen molar-refractivity contribution in [3.8, 4) is 0 Å². The van der Waals surface area contributed by atoms with Gasteiger partial charge in [0.25, 0.3) is 0 Å². The summed E-state index contributed by atoms with van der Waals surface area (Å²) >= 11 is 1.73. The number of rotatable bonds is 5. The fourth-order valence-corrected chi connectivity index (χ4v) is 3.51. The van der Waals surface area contributed by atoms with Crippen LogP contribution in [-0.4, -0.2) is 29.3 Å². The van der Waals surface area contributed by atoms with Gasteiger partial charge in [-0.15, -0.1) is 0 Å². The minimum Gasteiger partial charge on any atom is -0.395 e. The Labute approximate surface area is 114 Å². The second-order valence-electron chi connectivity index (χ2n) is 5.27. The molecule has 0 radical (unpaired) electrons. The van der Waals surface area contributed by atoms with E-state index in [9.17, 15) is 5.11 Å². The molecule has 2 nitrogen and oxygen atoms in total. The van der Waals surface area contributed by atoms with Crippen LogP contribution in [0, 0.1) is 5.92 Å². The number of benzene rings is 1. The van der Waals surface area contributed by atoms with Gasteiger partial charge in [-0.1, -0.05) is 31.2 Å². The van der Waals surface area contributed by atoms with E-state index in [4.69, 9.17) is 0 Å². The summed E-state index contributed by atoms with van der Waals surface area (Å²) in [5.74, 6) is 0.631.